The highest BCUT2D eigenvalue weighted by molar-refractivity contribution is 6.18. The molecule has 0 aliphatic heterocycles. The lowest BCUT2D eigenvalue weighted by Gasteiger charge is -2.13. The van der Waals surface area contributed by atoms with Crippen molar-refractivity contribution in [2.45, 2.75) is 6.54 Å². The zero-order valence-corrected chi connectivity index (χ0v) is 18.2. The third-order valence-corrected chi connectivity index (χ3v) is 5.67. The summed E-state index contributed by atoms with van der Waals surface area (Å²) in [6, 6.07) is 29.5. The molecule has 5 rings (SSSR count). The molecule has 34 heavy (non-hydrogen) atoms. The minimum Gasteiger partial charge on any atom is -0.478 e. The van der Waals surface area contributed by atoms with Gasteiger partial charge >= 0.3 is 5.97 Å². The smallest absolute Gasteiger partial charge is 0.336 e. The van der Waals surface area contributed by atoms with Crippen molar-refractivity contribution in [3.05, 3.63) is 120 Å². The topological polar surface area (TPSA) is 84.2 Å². The van der Waals surface area contributed by atoms with E-state index in [1.54, 1.807) is 30.5 Å². The maximum atomic E-state index is 13.8. The molecule has 0 aliphatic carbocycles. The number of carbonyl (C=O) groups excluding carboxylic acids is 1. The number of aromatic carboxylic acids is 1. The molecule has 0 fully saturated rings. The van der Waals surface area contributed by atoms with Crippen molar-refractivity contribution in [3.8, 4) is 11.3 Å². The Morgan fingerprint density at radius 2 is 1.53 bits per heavy atom. The van der Waals surface area contributed by atoms with Gasteiger partial charge < -0.3 is 15.0 Å². The first-order chi connectivity index (χ1) is 16.6. The van der Waals surface area contributed by atoms with Gasteiger partial charge in [0.15, 0.2) is 0 Å². The van der Waals surface area contributed by atoms with Gasteiger partial charge in [0, 0.05) is 29.4 Å². The molecule has 0 unspecified atom stereocenters. The Kier molecular flexibility index (Phi) is 5.62. The Morgan fingerprint density at radius 3 is 2.21 bits per heavy atom. The van der Waals surface area contributed by atoms with E-state index in [-0.39, 0.29) is 11.5 Å². The number of carbonyl (C=O) groups is 2. The first-order valence-corrected chi connectivity index (χ1v) is 10.8. The van der Waals surface area contributed by atoms with Crippen molar-refractivity contribution in [3.63, 3.8) is 0 Å². The van der Waals surface area contributed by atoms with Crippen LogP contribution in [-0.2, 0) is 6.54 Å². The van der Waals surface area contributed by atoms with E-state index >= 15 is 0 Å². The molecule has 0 saturated carbocycles. The number of hydrogen-bond acceptors (Lipinski definition) is 3. The summed E-state index contributed by atoms with van der Waals surface area (Å²) < 4.78 is 1.87. The second-order valence-electron chi connectivity index (χ2n) is 7.84. The van der Waals surface area contributed by atoms with Crippen molar-refractivity contribution in [1.29, 1.82) is 0 Å². The van der Waals surface area contributed by atoms with Gasteiger partial charge in [-0.05, 0) is 42.0 Å². The Hall–Kier alpha value is -4.71. The average molecular weight is 447 g/mol. The maximum absolute atomic E-state index is 13.8. The van der Waals surface area contributed by atoms with Crippen LogP contribution in [-0.4, -0.2) is 26.5 Å². The Labute approximate surface area is 196 Å². The van der Waals surface area contributed by atoms with E-state index in [1.165, 1.54) is 0 Å². The van der Waals surface area contributed by atoms with Crippen LogP contribution in [0.1, 0.15) is 26.4 Å². The molecule has 2 heterocycles. The Bertz CT molecular complexity index is 1480. The zero-order valence-electron chi connectivity index (χ0n) is 18.2. The number of carboxylic acids is 1. The number of para-hydroxylation sites is 1. The van der Waals surface area contributed by atoms with E-state index < -0.39 is 5.97 Å². The lowest BCUT2D eigenvalue weighted by atomic mass is 10.0. The molecule has 0 aliphatic rings. The van der Waals surface area contributed by atoms with Crippen molar-refractivity contribution in [2.24, 2.45) is 0 Å². The molecule has 2 N–H and O–H groups in total. The van der Waals surface area contributed by atoms with E-state index in [1.807, 2.05) is 77.4 Å². The molecule has 2 aromatic heterocycles. The van der Waals surface area contributed by atoms with E-state index in [0.29, 0.717) is 40.1 Å². The molecule has 166 valence electrons. The van der Waals surface area contributed by atoms with Crippen molar-refractivity contribution < 1.29 is 14.7 Å². The molecule has 5 aromatic rings. The second-order valence-corrected chi connectivity index (χ2v) is 7.84. The number of nitrogens with one attached hydrogen (secondary N) is 1. The van der Waals surface area contributed by atoms with Crippen LogP contribution in [0, 0.1) is 0 Å². The van der Waals surface area contributed by atoms with Gasteiger partial charge in [-0.15, -0.1) is 0 Å². The molecule has 0 spiro atoms. The SMILES string of the molecule is O=C(O)c1cccc2c1c(-c1ccccn1)c(C(=O)Nc1ccccc1)n2Cc1ccccc1. The molecule has 0 bridgehead atoms. The van der Waals surface area contributed by atoms with Gasteiger partial charge in [0.25, 0.3) is 5.91 Å². The third-order valence-electron chi connectivity index (χ3n) is 5.67. The monoisotopic (exact) mass is 447 g/mol. The number of anilines is 1. The summed E-state index contributed by atoms with van der Waals surface area (Å²) >= 11 is 0. The fraction of sp³-hybridized carbons (Fsp3) is 0.0357. The summed E-state index contributed by atoms with van der Waals surface area (Å²) in [5.41, 5.74) is 3.80. The fourth-order valence-electron chi connectivity index (χ4n) is 4.22. The summed E-state index contributed by atoms with van der Waals surface area (Å²) in [7, 11) is 0. The van der Waals surface area contributed by atoms with Crippen LogP contribution in [0.5, 0.6) is 0 Å². The standard InChI is InChI=1S/C28H21N3O3/c32-27(30-20-12-5-2-6-13-20)26-25(22-15-7-8-17-29-22)24-21(28(33)34)14-9-16-23(24)31(26)18-19-10-3-1-4-11-19/h1-17H,18H2,(H,30,32)(H,33,34). The second kappa shape index (κ2) is 9.03. The number of amides is 1. The highest BCUT2D eigenvalue weighted by Gasteiger charge is 2.28. The quantitative estimate of drug-likeness (QED) is 0.350. The molecule has 0 saturated heterocycles. The van der Waals surface area contributed by atoms with Gasteiger partial charge in [0.1, 0.15) is 5.69 Å². The number of carboxylic acid groups (broad SMARTS) is 1. The van der Waals surface area contributed by atoms with E-state index in [0.717, 1.165) is 5.56 Å². The summed E-state index contributed by atoms with van der Waals surface area (Å²) in [4.78, 5) is 30.5. The van der Waals surface area contributed by atoms with Crippen LogP contribution in [0.15, 0.2) is 103 Å². The summed E-state index contributed by atoms with van der Waals surface area (Å²) in [6.45, 7) is 0.394. The van der Waals surface area contributed by atoms with Crippen molar-refractivity contribution in [1.82, 2.24) is 9.55 Å². The minimum absolute atomic E-state index is 0.124. The molecule has 0 radical (unpaired) electrons. The van der Waals surface area contributed by atoms with Crippen LogP contribution in [0.2, 0.25) is 0 Å². The van der Waals surface area contributed by atoms with Crippen molar-refractivity contribution in [2.75, 3.05) is 5.32 Å². The Balaban J connectivity index is 1.82. The van der Waals surface area contributed by atoms with Crippen LogP contribution >= 0.6 is 0 Å². The van der Waals surface area contributed by atoms with Crippen LogP contribution in [0.4, 0.5) is 5.69 Å². The Morgan fingerprint density at radius 1 is 0.824 bits per heavy atom. The summed E-state index contributed by atoms with van der Waals surface area (Å²) in [5.74, 6) is -1.40. The van der Waals surface area contributed by atoms with Gasteiger partial charge in [0.2, 0.25) is 0 Å². The van der Waals surface area contributed by atoms with Crippen LogP contribution in [0.3, 0.4) is 0 Å². The van der Waals surface area contributed by atoms with E-state index in [9.17, 15) is 14.7 Å². The van der Waals surface area contributed by atoms with E-state index in [2.05, 4.69) is 10.3 Å². The van der Waals surface area contributed by atoms with Gasteiger partial charge in [-0.3, -0.25) is 9.78 Å². The fourth-order valence-corrected chi connectivity index (χ4v) is 4.22. The number of benzene rings is 3. The van der Waals surface area contributed by atoms with Gasteiger partial charge in [-0.1, -0.05) is 60.7 Å². The molecule has 3 aromatic carbocycles. The minimum atomic E-state index is -1.06. The number of rotatable bonds is 6. The molecule has 1 amide bonds. The predicted octanol–water partition coefficient (Wildman–Crippen LogP) is 5.70. The number of hydrogen-bond donors (Lipinski definition) is 2. The number of pyridine rings is 1. The number of fused-ring (bicyclic) bond motifs is 1. The highest BCUT2D eigenvalue weighted by atomic mass is 16.4. The van der Waals surface area contributed by atoms with Gasteiger partial charge in [-0.2, -0.15) is 0 Å². The average Bonchev–Trinajstić information content (AvgIpc) is 3.20. The predicted molar refractivity (Wildman–Crippen MR) is 132 cm³/mol. The normalized spacial score (nSPS) is 10.8. The largest absolute Gasteiger partial charge is 0.478 e. The highest BCUT2D eigenvalue weighted by Crippen LogP contribution is 2.37. The van der Waals surface area contributed by atoms with E-state index in [4.69, 9.17) is 0 Å². The first kappa shape index (κ1) is 21.2. The number of aromatic nitrogens is 2. The molecular formula is C28H21N3O3. The lowest BCUT2D eigenvalue weighted by molar-refractivity contribution is 0.0698. The maximum Gasteiger partial charge on any atom is 0.336 e. The van der Waals surface area contributed by atoms with Gasteiger partial charge in [0.05, 0.1) is 16.8 Å². The number of nitrogens with zero attached hydrogens (tertiary/aromatic N) is 2. The first-order valence-electron chi connectivity index (χ1n) is 10.8. The zero-order chi connectivity index (χ0) is 23.5. The summed E-state index contributed by atoms with van der Waals surface area (Å²) in [6.07, 6.45) is 1.64. The van der Waals surface area contributed by atoms with Gasteiger partial charge in [-0.25, -0.2) is 4.79 Å². The van der Waals surface area contributed by atoms with Crippen LogP contribution < -0.4 is 5.32 Å². The summed E-state index contributed by atoms with van der Waals surface area (Å²) in [5, 5.41) is 13.4. The molecular weight excluding hydrogens is 426 g/mol. The molecule has 0 atom stereocenters. The molecule has 6 heteroatoms. The molecule has 6 nitrogen and oxygen atoms in total. The van der Waals surface area contributed by atoms with Crippen molar-refractivity contribution >= 4 is 28.5 Å². The third kappa shape index (κ3) is 3.93. The lowest BCUT2D eigenvalue weighted by Crippen LogP contribution is -2.18. The van der Waals surface area contributed by atoms with Crippen LogP contribution in [0.25, 0.3) is 22.2 Å².